The summed E-state index contributed by atoms with van der Waals surface area (Å²) in [5.74, 6) is 1.97. The Kier molecular flexibility index (Phi) is 3.87. The van der Waals surface area contributed by atoms with Crippen molar-refractivity contribution in [3.05, 3.63) is 41.0 Å². The van der Waals surface area contributed by atoms with E-state index >= 15 is 0 Å². The first-order chi connectivity index (χ1) is 9.79. The third-order valence-electron chi connectivity index (χ3n) is 4.17. The molecule has 1 aromatic heterocycles. The summed E-state index contributed by atoms with van der Waals surface area (Å²) in [6.07, 6.45) is 1.15. The summed E-state index contributed by atoms with van der Waals surface area (Å²) in [7, 11) is 0. The Morgan fingerprint density at radius 2 is 2.19 bits per heavy atom. The minimum absolute atomic E-state index is 0. The lowest BCUT2D eigenvalue weighted by Crippen LogP contribution is -2.34. The molecule has 1 N–H and O–H groups in total. The van der Waals surface area contributed by atoms with Crippen LogP contribution in [-0.2, 0) is 26.1 Å². The molecular weight excluding hydrogens is 286 g/mol. The van der Waals surface area contributed by atoms with Crippen LogP contribution in [0.5, 0.6) is 0 Å². The van der Waals surface area contributed by atoms with E-state index in [9.17, 15) is 0 Å². The summed E-state index contributed by atoms with van der Waals surface area (Å²) in [5, 5.41) is 7.94. The highest BCUT2D eigenvalue weighted by Gasteiger charge is 2.21. The number of hydrogen-bond donors (Lipinski definition) is 1. The summed E-state index contributed by atoms with van der Waals surface area (Å²) >= 11 is 0. The molecule has 0 unspecified atom stereocenters. The number of nitrogens with one attached hydrogen (secondary N) is 1. The van der Waals surface area contributed by atoms with E-state index in [4.69, 9.17) is 0 Å². The highest BCUT2D eigenvalue weighted by Crippen LogP contribution is 2.28. The zero-order chi connectivity index (χ0) is 13.5. The molecule has 0 saturated heterocycles. The Hall–Kier alpha value is -1.59. The predicted octanol–water partition coefficient (Wildman–Crippen LogP) is 1.99. The maximum Gasteiger partial charge on any atom is 0.147 e. The molecule has 112 valence electrons. The number of para-hydroxylation sites is 1. The van der Waals surface area contributed by atoms with Gasteiger partial charge in [-0.2, -0.15) is 5.10 Å². The maximum absolute atomic E-state index is 4.51. The molecule has 2 aliphatic heterocycles. The second kappa shape index (κ2) is 5.66. The summed E-state index contributed by atoms with van der Waals surface area (Å²) < 4.78 is 2.04. The summed E-state index contributed by atoms with van der Waals surface area (Å²) in [6.45, 7) is 6.90. The van der Waals surface area contributed by atoms with E-state index in [0.717, 1.165) is 50.8 Å². The molecule has 0 fully saturated rings. The van der Waals surface area contributed by atoms with E-state index in [2.05, 4.69) is 38.5 Å². The first kappa shape index (κ1) is 14.4. The van der Waals surface area contributed by atoms with Crippen LogP contribution < -0.4 is 5.32 Å². The highest BCUT2D eigenvalue weighted by atomic mass is 35.5. The van der Waals surface area contributed by atoms with Crippen LogP contribution in [0.15, 0.2) is 18.2 Å². The van der Waals surface area contributed by atoms with E-state index in [1.54, 1.807) is 0 Å². The average Bonchev–Trinajstić information content (AvgIpc) is 3.03. The van der Waals surface area contributed by atoms with Crippen molar-refractivity contribution in [2.75, 3.05) is 18.4 Å². The molecule has 3 heterocycles. The molecule has 0 aliphatic carbocycles. The lowest BCUT2D eigenvalue weighted by molar-refractivity contribution is 0.202. The molecule has 1 aromatic carbocycles. The third-order valence-corrected chi connectivity index (χ3v) is 4.17. The summed E-state index contributed by atoms with van der Waals surface area (Å²) in [4.78, 5) is 6.97. The van der Waals surface area contributed by atoms with E-state index in [1.807, 2.05) is 11.6 Å². The minimum Gasteiger partial charge on any atom is -0.384 e. The van der Waals surface area contributed by atoms with Crippen LogP contribution in [0.2, 0.25) is 0 Å². The molecule has 0 saturated carbocycles. The Bertz CT molecular complexity index is 652. The zero-order valence-corrected chi connectivity index (χ0v) is 13.0. The number of nitrogens with zero attached hydrogens (tertiary/aromatic N) is 4. The number of rotatable bonds is 2. The highest BCUT2D eigenvalue weighted by molar-refractivity contribution is 5.85. The minimum atomic E-state index is 0. The van der Waals surface area contributed by atoms with Crippen molar-refractivity contribution >= 4 is 18.1 Å². The van der Waals surface area contributed by atoms with Gasteiger partial charge < -0.3 is 5.32 Å². The quantitative estimate of drug-likeness (QED) is 0.922. The van der Waals surface area contributed by atoms with Crippen LogP contribution in [0.1, 0.15) is 22.8 Å². The van der Waals surface area contributed by atoms with E-state index < -0.39 is 0 Å². The molecule has 2 aliphatic rings. The topological polar surface area (TPSA) is 46.0 Å². The van der Waals surface area contributed by atoms with Crippen LogP contribution >= 0.6 is 12.4 Å². The van der Waals surface area contributed by atoms with Crippen LogP contribution in [0.25, 0.3) is 0 Å². The molecular formula is C15H20ClN5. The van der Waals surface area contributed by atoms with Crippen molar-refractivity contribution in [3.63, 3.8) is 0 Å². The molecule has 21 heavy (non-hydrogen) atoms. The van der Waals surface area contributed by atoms with Crippen LogP contribution in [0, 0.1) is 6.92 Å². The predicted molar refractivity (Wildman–Crippen MR) is 84.8 cm³/mol. The Morgan fingerprint density at radius 3 is 3.10 bits per heavy atom. The Balaban J connectivity index is 0.00000132. The van der Waals surface area contributed by atoms with E-state index in [-0.39, 0.29) is 12.4 Å². The fourth-order valence-electron chi connectivity index (χ4n) is 3.23. The van der Waals surface area contributed by atoms with Crippen molar-refractivity contribution in [1.29, 1.82) is 0 Å². The molecule has 6 heteroatoms. The van der Waals surface area contributed by atoms with Crippen molar-refractivity contribution in [2.45, 2.75) is 33.0 Å². The van der Waals surface area contributed by atoms with Gasteiger partial charge >= 0.3 is 0 Å². The average molecular weight is 306 g/mol. The number of halogens is 1. The molecule has 4 rings (SSSR count). The van der Waals surface area contributed by atoms with Gasteiger partial charge in [-0.05, 0) is 24.5 Å². The SMILES string of the molecule is Cc1nc2n(n1)CCN(Cc1cccc3c1NCC3)C2.Cl. The van der Waals surface area contributed by atoms with Crippen molar-refractivity contribution < 1.29 is 0 Å². The zero-order valence-electron chi connectivity index (χ0n) is 12.2. The fourth-order valence-corrected chi connectivity index (χ4v) is 3.23. The Morgan fingerprint density at radius 1 is 1.29 bits per heavy atom. The monoisotopic (exact) mass is 305 g/mol. The molecule has 0 radical (unpaired) electrons. The fraction of sp³-hybridized carbons (Fsp3) is 0.467. The van der Waals surface area contributed by atoms with Gasteiger partial charge in [0.2, 0.25) is 0 Å². The number of hydrogen-bond acceptors (Lipinski definition) is 4. The van der Waals surface area contributed by atoms with Gasteiger partial charge in [-0.3, -0.25) is 4.90 Å². The van der Waals surface area contributed by atoms with Crippen molar-refractivity contribution in [2.24, 2.45) is 0 Å². The number of aromatic nitrogens is 3. The molecule has 0 atom stereocenters. The van der Waals surface area contributed by atoms with Gasteiger partial charge in [-0.1, -0.05) is 18.2 Å². The molecule has 0 spiro atoms. The number of aryl methyl sites for hydroxylation is 1. The standard InChI is InChI=1S/C15H19N5.ClH/c1-11-17-14-10-19(7-8-20(14)18-11)9-13-4-2-3-12-5-6-16-15(12)13;/h2-4,16H,5-10H2,1H3;1H. The number of benzene rings is 1. The molecule has 5 nitrogen and oxygen atoms in total. The van der Waals surface area contributed by atoms with Gasteiger partial charge in [0.05, 0.1) is 13.1 Å². The van der Waals surface area contributed by atoms with Gasteiger partial charge in [-0.15, -0.1) is 12.4 Å². The van der Waals surface area contributed by atoms with E-state index in [1.165, 1.54) is 16.8 Å². The van der Waals surface area contributed by atoms with Crippen LogP contribution in [0.4, 0.5) is 5.69 Å². The normalized spacial score (nSPS) is 16.8. The largest absolute Gasteiger partial charge is 0.384 e. The second-order valence-electron chi connectivity index (χ2n) is 5.64. The van der Waals surface area contributed by atoms with Crippen LogP contribution in [0.3, 0.4) is 0 Å². The van der Waals surface area contributed by atoms with E-state index in [0.29, 0.717) is 0 Å². The van der Waals surface area contributed by atoms with Gasteiger partial charge in [0.15, 0.2) is 0 Å². The molecule has 0 amide bonds. The van der Waals surface area contributed by atoms with Crippen molar-refractivity contribution in [1.82, 2.24) is 19.7 Å². The lowest BCUT2D eigenvalue weighted by atomic mass is 10.1. The smallest absolute Gasteiger partial charge is 0.147 e. The van der Waals surface area contributed by atoms with Gasteiger partial charge in [0.25, 0.3) is 0 Å². The number of anilines is 1. The Labute approximate surface area is 130 Å². The summed E-state index contributed by atoms with van der Waals surface area (Å²) in [5.41, 5.74) is 4.22. The van der Waals surface area contributed by atoms with Gasteiger partial charge in [0, 0.05) is 25.3 Å². The third kappa shape index (κ3) is 2.63. The van der Waals surface area contributed by atoms with Crippen molar-refractivity contribution in [3.8, 4) is 0 Å². The van der Waals surface area contributed by atoms with Gasteiger partial charge in [0.1, 0.15) is 11.6 Å². The molecule has 2 aromatic rings. The number of fused-ring (bicyclic) bond motifs is 2. The first-order valence-electron chi connectivity index (χ1n) is 7.27. The summed E-state index contributed by atoms with van der Waals surface area (Å²) in [6, 6.07) is 6.65. The lowest BCUT2D eigenvalue weighted by Gasteiger charge is -2.27. The molecule has 0 bridgehead atoms. The maximum atomic E-state index is 4.51. The second-order valence-corrected chi connectivity index (χ2v) is 5.64. The van der Waals surface area contributed by atoms with Gasteiger partial charge in [-0.25, -0.2) is 9.67 Å². The first-order valence-corrected chi connectivity index (χ1v) is 7.27. The van der Waals surface area contributed by atoms with Crippen LogP contribution in [-0.4, -0.2) is 32.8 Å².